The number of carbonyl (C=O) groups is 3. The monoisotopic (exact) mass is 350 g/mol. The van der Waals surface area contributed by atoms with Gasteiger partial charge in [-0.1, -0.05) is 44.2 Å². The summed E-state index contributed by atoms with van der Waals surface area (Å²) in [6.45, 7) is 4.43. The molecule has 0 bridgehead atoms. The summed E-state index contributed by atoms with van der Waals surface area (Å²) in [5, 5.41) is 24.0. The molecule has 1 aromatic carbocycles. The van der Waals surface area contributed by atoms with Crippen molar-refractivity contribution < 1.29 is 24.6 Å². The Morgan fingerprint density at radius 2 is 1.76 bits per heavy atom. The largest absolute Gasteiger partial charge is 0.396 e. The number of amides is 2. The topological polar surface area (TPSA) is 116 Å². The van der Waals surface area contributed by atoms with E-state index in [1.807, 2.05) is 30.3 Å². The Bertz CT molecular complexity index is 601. The second-order valence-corrected chi connectivity index (χ2v) is 6.62. The molecular formula is C18H26N2O5. The molecule has 0 spiro atoms. The first-order chi connectivity index (χ1) is 11.7. The highest BCUT2D eigenvalue weighted by molar-refractivity contribution is 6.36. The molecule has 0 aliphatic heterocycles. The molecule has 0 saturated heterocycles. The van der Waals surface area contributed by atoms with Gasteiger partial charge in [0, 0.05) is 18.4 Å². The van der Waals surface area contributed by atoms with E-state index >= 15 is 0 Å². The molecule has 1 rings (SSSR count). The van der Waals surface area contributed by atoms with Crippen LogP contribution in [0.5, 0.6) is 0 Å². The molecule has 1 aromatic rings. The summed E-state index contributed by atoms with van der Waals surface area (Å²) in [7, 11) is 0. The SMILES string of the molecule is CC(NC(=O)C(=O)CCNC(=O)[C@H](O)C(C)(C)CO)c1ccccc1. The molecule has 0 fully saturated rings. The second kappa shape index (κ2) is 9.29. The van der Waals surface area contributed by atoms with Gasteiger partial charge in [0.05, 0.1) is 12.6 Å². The van der Waals surface area contributed by atoms with Gasteiger partial charge in [0.15, 0.2) is 0 Å². The van der Waals surface area contributed by atoms with Crippen molar-refractivity contribution in [3.05, 3.63) is 35.9 Å². The minimum Gasteiger partial charge on any atom is -0.396 e. The summed E-state index contributed by atoms with van der Waals surface area (Å²) in [5.41, 5.74) is -0.109. The van der Waals surface area contributed by atoms with E-state index in [0.29, 0.717) is 0 Å². The van der Waals surface area contributed by atoms with Crippen molar-refractivity contribution in [2.24, 2.45) is 5.41 Å². The van der Waals surface area contributed by atoms with E-state index in [4.69, 9.17) is 5.11 Å². The third-order valence-electron chi connectivity index (χ3n) is 3.95. The number of ketones is 1. The molecular weight excluding hydrogens is 324 g/mol. The van der Waals surface area contributed by atoms with Gasteiger partial charge in [-0.15, -0.1) is 0 Å². The molecule has 25 heavy (non-hydrogen) atoms. The van der Waals surface area contributed by atoms with Crippen LogP contribution in [-0.4, -0.2) is 47.1 Å². The average molecular weight is 350 g/mol. The number of aliphatic hydroxyl groups excluding tert-OH is 2. The van der Waals surface area contributed by atoms with Crippen LogP contribution >= 0.6 is 0 Å². The molecule has 7 nitrogen and oxygen atoms in total. The van der Waals surface area contributed by atoms with Crippen LogP contribution in [0.2, 0.25) is 0 Å². The van der Waals surface area contributed by atoms with E-state index in [0.717, 1.165) is 5.56 Å². The first kappa shape index (κ1) is 20.8. The number of carbonyl (C=O) groups excluding carboxylic acids is 3. The Morgan fingerprint density at radius 1 is 1.16 bits per heavy atom. The van der Waals surface area contributed by atoms with Crippen molar-refractivity contribution in [3.63, 3.8) is 0 Å². The molecule has 0 radical (unpaired) electrons. The van der Waals surface area contributed by atoms with Gasteiger partial charge in [0.1, 0.15) is 6.10 Å². The Morgan fingerprint density at radius 3 is 2.32 bits per heavy atom. The van der Waals surface area contributed by atoms with Crippen molar-refractivity contribution >= 4 is 17.6 Å². The fraction of sp³-hybridized carbons (Fsp3) is 0.500. The van der Waals surface area contributed by atoms with Crippen LogP contribution in [0.4, 0.5) is 0 Å². The molecule has 2 atom stereocenters. The Balaban J connectivity index is 2.41. The number of rotatable bonds is 9. The van der Waals surface area contributed by atoms with E-state index in [-0.39, 0.29) is 25.6 Å². The third-order valence-corrected chi connectivity index (χ3v) is 3.95. The van der Waals surface area contributed by atoms with Gasteiger partial charge in [-0.3, -0.25) is 14.4 Å². The molecule has 2 amide bonds. The summed E-state index contributed by atoms with van der Waals surface area (Å²) < 4.78 is 0. The summed E-state index contributed by atoms with van der Waals surface area (Å²) in [5.74, 6) is -2.06. The summed E-state index contributed by atoms with van der Waals surface area (Å²) in [6, 6.07) is 8.93. The molecule has 1 unspecified atom stereocenters. The second-order valence-electron chi connectivity index (χ2n) is 6.62. The number of Topliss-reactive ketones (excluding diaryl/α,β-unsaturated/α-hetero) is 1. The zero-order valence-corrected chi connectivity index (χ0v) is 14.8. The first-order valence-corrected chi connectivity index (χ1v) is 8.14. The maximum atomic E-state index is 11.9. The lowest BCUT2D eigenvalue weighted by Gasteiger charge is -2.27. The van der Waals surface area contributed by atoms with Crippen LogP contribution in [0.3, 0.4) is 0 Å². The molecule has 0 heterocycles. The van der Waals surface area contributed by atoms with Crippen molar-refractivity contribution in [2.75, 3.05) is 13.2 Å². The molecule has 0 aliphatic carbocycles. The van der Waals surface area contributed by atoms with Crippen LogP contribution in [0, 0.1) is 5.41 Å². The number of benzene rings is 1. The highest BCUT2D eigenvalue weighted by Gasteiger charge is 2.32. The molecule has 0 saturated carbocycles. The van der Waals surface area contributed by atoms with Crippen LogP contribution < -0.4 is 10.6 Å². The molecule has 7 heteroatoms. The molecule has 0 aliphatic rings. The molecule has 138 valence electrons. The first-order valence-electron chi connectivity index (χ1n) is 8.14. The fourth-order valence-corrected chi connectivity index (χ4v) is 2.05. The number of aliphatic hydroxyl groups is 2. The predicted molar refractivity (Wildman–Crippen MR) is 92.5 cm³/mol. The van der Waals surface area contributed by atoms with Gasteiger partial charge >= 0.3 is 0 Å². The van der Waals surface area contributed by atoms with Crippen LogP contribution in [0.1, 0.15) is 38.8 Å². The number of hydrogen-bond acceptors (Lipinski definition) is 5. The van der Waals surface area contributed by atoms with Gasteiger partial charge in [0.2, 0.25) is 11.7 Å². The lowest BCUT2D eigenvalue weighted by molar-refractivity contribution is -0.139. The highest BCUT2D eigenvalue weighted by Crippen LogP contribution is 2.19. The van der Waals surface area contributed by atoms with E-state index in [1.54, 1.807) is 20.8 Å². The van der Waals surface area contributed by atoms with E-state index in [1.165, 1.54) is 0 Å². The van der Waals surface area contributed by atoms with Crippen molar-refractivity contribution in [1.29, 1.82) is 0 Å². The maximum absolute atomic E-state index is 11.9. The van der Waals surface area contributed by atoms with Gasteiger partial charge < -0.3 is 20.8 Å². The average Bonchev–Trinajstić information content (AvgIpc) is 2.61. The Kier molecular flexibility index (Phi) is 7.73. The van der Waals surface area contributed by atoms with Gasteiger partial charge in [0.25, 0.3) is 5.91 Å². The lowest BCUT2D eigenvalue weighted by Crippen LogP contribution is -2.46. The minimum absolute atomic E-state index is 0.0661. The van der Waals surface area contributed by atoms with Gasteiger partial charge in [-0.05, 0) is 12.5 Å². The normalized spacial score (nSPS) is 13.6. The summed E-state index contributed by atoms with van der Waals surface area (Å²) >= 11 is 0. The lowest BCUT2D eigenvalue weighted by atomic mass is 9.87. The Hall–Kier alpha value is -2.25. The minimum atomic E-state index is -1.40. The van der Waals surface area contributed by atoms with E-state index < -0.39 is 29.1 Å². The third kappa shape index (κ3) is 6.28. The molecule has 0 aromatic heterocycles. The van der Waals surface area contributed by atoms with Crippen molar-refractivity contribution in [1.82, 2.24) is 10.6 Å². The highest BCUT2D eigenvalue weighted by atomic mass is 16.3. The van der Waals surface area contributed by atoms with Gasteiger partial charge in [-0.2, -0.15) is 0 Å². The predicted octanol–water partition coefficient (Wildman–Crippen LogP) is 0.319. The zero-order chi connectivity index (χ0) is 19.0. The number of hydrogen-bond donors (Lipinski definition) is 4. The standard InChI is InChI=1S/C18H26N2O5/c1-12(13-7-5-4-6-8-13)20-16(24)14(22)9-10-19-17(25)15(23)18(2,3)11-21/h4-8,12,15,21,23H,9-11H2,1-3H3,(H,19,25)(H,20,24)/t12?,15-/m0/s1. The zero-order valence-electron chi connectivity index (χ0n) is 14.8. The summed E-state index contributed by atoms with van der Waals surface area (Å²) in [6.07, 6.45) is -1.58. The summed E-state index contributed by atoms with van der Waals surface area (Å²) in [4.78, 5) is 35.5. The smallest absolute Gasteiger partial charge is 0.287 e. The molecule has 4 N–H and O–H groups in total. The maximum Gasteiger partial charge on any atom is 0.287 e. The van der Waals surface area contributed by atoms with Gasteiger partial charge in [-0.25, -0.2) is 0 Å². The van der Waals surface area contributed by atoms with Crippen LogP contribution in [0.15, 0.2) is 30.3 Å². The van der Waals surface area contributed by atoms with E-state index in [9.17, 15) is 19.5 Å². The van der Waals surface area contributed by atoms with E-state index in [2.05, 4.69) is 10.6 Å². The van der Waals surface area contributed by atoms with Crippen LogP contribution in [-0.2, 0) is 14.4 Å². The number of nitrogens with one attached hydrogen (secondary N) is 2. The quantitative estimate of drug-likeness (QED) is 0.479. The van der Waals surface area contributed by atoms with Crippen molar-refractivity contribution in [3.8, 4) is 0 Å². The van der Waals surface area contributed by atoms with Crippen LogP contribution in [0.25, 0.3) is 0 Å². The van der Waals surface area contributed by atoms with Crippen molar-refractivity contribution in [2.45, 2.75) is 39.3 Å². The fourth-order valence-electron chi connectivity index (χ4n) is 2.05. The Labute approximate surface area is 147 Å².